The quantitative estimate of drug-likeness (QED) is 0.270. The number of fused-ring (bicyclic) bond motifs is 1. The van der Waals surface area contributed by atoms with Crippen molar-refractivity contribution >= 4 is 34.9 Å². The van der Waals surface area contributed by atoms with Gasteiger partial charge in [-0.25, -0.2) is 4.39 Å². The van der Waals surface area contributed by atoms with Crippen LogP contribution in [0.4, 0.5) is 15.8 Å². The summed E-state index contributed by atoms with van der Waals surface area (Å²) < 4.78 is 25.2. The van der Waals surface area contributed by atoms with Crippen molar-refractivity contribution in [3.8, 4) is 11.5 Å². The average molecular weight is 582 g/mol. The number of benzene rings is 4. The molecule has 4 aromatic rings. The first-order chi connectivity index (χ1) is 20.8. The predicted octanol–water partition coefficient (Wildman–Crippen LogP) is 4.78. The Morgan fingerprint density at radius 2 is 1.63 bits per heavy atom. The SMILES string of the molecule is COc1ccc(NC(=O)C(c2cccc(F)c2)N(Cc2ccccc2)C(=O)CN2C(=O)C(=O)c3ccccc32)c(OC)c1. The number of ether oxygens (including phenoxy) is 2. The molecule has 0 saturated carbocycles. The van der Waals surface area contributed by atoms with Crippen LogP contribution < -0.4 is 19.7 Å². The molecule has 0 saturated heterocycles. The first-order valence-corrected chi connectivity index (χ1v) is 13.4. The van der Waals surface area contributed by atoms with E-state index in [1.165, 1.54) is 43.4 Å². The summed E-state index contributed by atoms with van der Waals surface area (Å²) in [6.45, 7) is -0.564. The van der Waals surface area contributed by atoms with Gasteiger partial charge >= 0.3 is 0 Å². The van der Waals surface area contributed by atoms with Crippen molar-refractivity contribution in [3.63, 3.8) is 0 Å². The van der Waals surface area contributed by atoms with Gasteiger partial charge in [-0.05, 0) is 47.5 Å². The molecule has 0 fully saturated rings. The molecular formula is C33H28FN3O6. The van der Waals surface area contributed by atoms with Gasteiger partial charge in [-0.2, -0.15) is 0 Å². The number of anilines is 2. The van der Waals surface area contributed by atoms with Gasteiger partial charge in [-0.1, -0.05) is 54.6 Å². The van der Waals surface area contributed by atoms with Crippen LogP contribution in [0, 0.1) is 5.82 Å². The molecule has 0 radical (unpaired) electrons. The van der Waals surface area contributed by atoms with Crippen molar-refractivity contribution in [1.82, 2.24) is 4.90 Å². The Labute approximate surface area is 247 Å². The minimum Gasteiger partial charge on any atom is -0.497 e. The number of halogens is 1. The topological polar surface area (TPSA) is 105 Å². The van der Waals surface area contributed by atoms with E-state index in [0.717, 1.165) is 4.90 Å². The first kappa shape index (κ1) is 29.0. The van der Waals surface area contributed by atoms with Crippen molar-refractivity contribution < 1.29 is 33.0 Å². The molecule has 3 amide bonds. The summed E-state index contributed by atoms with van der Waals surface area (Å²) in [5, 5.41) is 2.81. The van der Waals surface area contributed by atoms with Crippen LogP contribution in [0.3, 0.4) is 0 Å². The molecule has 1 aliphatic rings. The molecule has 1 heterocycles. The van der Waals surface area contributed by atoms with Gasteiger partial charge < -0.3 is 19.7 Å². The molecule has 5 rings (SSSR count). The Kier molecular flexibility index (Phi) is 8.47. The lowest BCUT2D eigenvalue weighted by atomic mass is 10.0. The van der Waals surface area contributed by atoms with E-state index in [2.05, 4.69) is 5.32 Å². The molecule has 4 aromatic carbocycles. The van der Waals surface area contributed by atoms with Gasteiger partial charge in [0.2, 0.25) is 5.91 Å². The molecule has 218 valence electrons. The van der Waals surface area contributed by atoms with Crippen LogP contribution in [0.15, 0.2) is 97.1 Å². The maximum Gasteiger partial charge on any atom is 0.299 e. The Hall–Kier alpha value is -5.51. The molecule has 0 spiro atoms. The summed E-state index contributed by atoms with van der Waals surface area (Å²) in [6.07, 6.45) is 0. The van der Waals surface area contributed by atoms with E-state index in [9.17, 15) is 23.6 Å². The van der Waals surface area contributed by atoms with Crippen LogP contribution in [0.1, 0.15) is 27.5 Å². The lowest BCUT2D eigenvalue weighted by Crippen LogP contribution is -2.46. The number of hydrogen-bond donors (Lipinski definition) is 1. The van der Waals surface area contributed by atoms with Crippen LogP contribution in [0.5, 0.6) is 11.5 Å². The van der Waals surface area contributed by atoms with Crippen LogP contribution in [0.25, 0.3) is 0 Å². The van der Waals surface area contributed by atoms with Crippen LogP contribution in [-0.4, -0.2) is 49.2 Å². The normalized spacial score (nSPS) is 12.9. The zero-order valence-corrected chi connectivity index (χ0v) is 23.5. The van der Waals surface area contributed by atoms with Gasteiger partial charge in [0.25, 0.3) is 17.6 Å². The minimum absolute atomic E-state index is 0.0500. The Bertz CT molecular complexity index is 1690. The maximum atomic E-state index is 14.5. The lowest BCUT2D eigenvalue weighted by molar-refractivity contribution is -0.139. The second-order valence-electron chi connectivity index (χ2n) is 9.76. The van der Waals surface area contributed by atoms with Crippen molar-refractivity contribution in [2.45, 2.75) is 12.6 Å². The molecule has 1 unspecified atom stereocenters. The number of carbonyl (C=O) groups excluding carboxylic acids is 4. The number of nitrogens with zero attached hydrogens (tertiary/aromatic N) is 2. The van der Waals surface area contributed by atoms with Gasteiger partial charge in [0.1, 0.15) is 29.9 Å². The number of ketones is 1. The zero-order valence-electron chi connectivity index (χ0n) is 23.5. The number of rotatable bonds is 10. The molecule has 0 bridgehead atoms. The van der Waals surface area contributed by atoms with E-state index in [4.69, 9.17) is 9.47 Å². The van der Waals surface area contributed by atoms with Crippen molar-refractivity contribution in [2.24, 2.45) is 0 Å². The third-order valence-electron chi connectivity index (χ3n) is 7.08. The third-order valence-corrected chi connectivity index (χ3v) is 7.08. The third kappa shape index (κ3) is 6.08. The van der Waals surface area contributed by atoms with Gasteiger partial charge in [0, 0.05) is 12.6 Å². The summed E-state index contributed by atoms with van der Waals surface area (Å²) >= 11 is 0. The highest BCUT2D eigenvalue weighted by Crippen LogP contribution is 2.33. The maximum absolute atomic E-state index is 14.5. The average Bonchev–Trinajstić information content (AvgIpc) is 3.26. The Morgan fingerprint density at radius 1 is 0.884 bits per heavy atom. The fraction of sp³-hybridized carbons (Fsp3) is 0.152. The molecule has 43 heavy (non-hydrogen) atoms. The summed E-state index contributed by atoms with van der Waals surface area (Å²) in [6, 6.07) is 24.2. The lowest BCUT2D eigenvalue weighted by Gasteiger charge is -2.33. The standard InChI is InChI=1S/C33H28FN3O6/c1-42-24-15-16-26(28(18-24)43-2)35-32(40)30(22-11-8-12-23(34)17-22)37(19-21-9-4-3-5-10-21)29(38)20-36-27-14-7-6-13-25(27)31(39)33(36)41/h3-18,30H,19-20H2,1-2H3,(H,35,40). The van der Waals surface area contributed by atoms with Gasteiger partial charge in [0.15, 0.2) is 0 Å². The smallest absolute Gasteiger partial charge is 0.299 e. The monoisotopic (exact) mass is 581 g/mol. The second-order valence-corrected chi connectivity index (χ2v) is 9.76. The van der Waals surface area contributed by atoms with Crippen LogP contribution in [0.2, 0.25) is 0 Å². The zero-order chi connectivity index (χ0) is 30.5. The van der Waals surface area contributed by atoms with Crippen LogP contribution >= 0.6 is 0 Å². The van der Waals surface area contributed by atoms with Crippen molar-refractivity contribution in [2.75, 3.05) is 31.0 Å². The number of Topliss-reactive ketones (excluding diaryl/α,β-unsaturated/α-hetero) is 1. The van der Waals surface area contributed by atoms with E-state index >= 15 is 0 Å². The highest BCUT2D eigenvalue weighted by atomic mass is 19.1. The molecule has 9 nitrogen and oxygen atoms in total. The summed E-state index contributed by atoms with van der Waals surface area (Å²) in [5.41, 5.74) is 1.70. The first-order valence-electron chi connectivity index (χ1n) is 13.4. The predicted molar refractivity (Wildman–Crippen MR) is 157 cm³/mol. The van der Waals surface area contributed by atoms with Gasteiger partial charge in [0.05, 0.1) is 31.2 Å². The molecule has 10 heteroatoms. The van der Waals surface area contributed by atoms with E-state index in [-0.39, 0.29) is 17.7 Å². The number of amides is 3. The molecule has 1 atom stereocenters. The van der Waals surface area contributed by atoms with Crippen LogP contribution in [-0.2, 0) is 20.9 Å². The number of hydrogen-bond acceptors (Lipinski definition) is 6. The highest BCUT2D eigenvalue weighted by Gasteiger charge is 2.39. The highest BCUT2D eigenvalue weighted by molar-refractivity contribution is 6.52. The van der Waals surface area contributed by atoms with E-state index in [1.54, 1.807) is 66.7 Å². The number of methoxy groups -OCH3 is 2. The molecule has 1 N–H and O–H groups in total. The van der Waals surface area contributed by atoms with Gasteiger partial charge in [-0.3, -0.25) is 24.1 Å². The van der Waals surface area contributed by atoms with E-state index < -0.39 is 41.9 Å². The Morgan fingerprint density at radius 3 is 2.35 bits per heavy atom. The molecular weight excluding hydrogens is 553 g/mol. The molecule has 0 aromatic heterocycles. The Balaban J connectivity index is 1.56. The fourth-order valence-corrected chi connectivity index (χ4v) is 4.99. The number of carbonyl (C=O) groups is 4. The second kappa shape index (κ2) is 12.6. The molecule has 0 aliphatic carbocycles. The van der Waals surface area contributed by atoms with Crippen molar-refractivity contribution in [1.29, 1.82) is 0 Å². The largest absolute Gasteiger partial charge is 0.497 e. The fourth-order valence-electron chi connectivity index (χ4n) is 4.99. The van der Waals surface area contributed by atoms with E-state index in [0.29, 0.717) is 28.4 Å². The minimum atomic E-state index is -1.33. The van der Waals surface area contributed by atoms with Crippen molar-refractivity contribution in [3.05, 3.63) is 120 Å². The summed E-state index contributed by atoms with van der Waals surface area (Å²) in [4.78, 5) is 56.1. The van der Waals surface area contributed by atoms with Gasteiger partial charge in [-0.15, -0.1) is 0 Å². The number of para-hydroxylation sites is 1. The number of nitrogens with one attached hydrogen (secondary N) is 1. The van der Waals surface area contributed by atoms with E-state index in [1.807, 2.05) is 6.07 Å². The summed E-state index contributed by atoms with van der Waals surface area (Å²) in [7, 11) is 2.93. The molecule has 1 aliphatic heterocycles. The summed E-state index contributed by atoms with van der Waals surface area (Å²) in [5.74, 6) is -2.63.